The first-order chi connectivity index (χ1) is 31.1. The second-order valence-electron chi connectivity index (χ2n) is 22.7. The molecule has 0 aromatic heterocycles. The normalized spacial score (nSPS) is 46.5. The molecule has 5 aliphatic carbocycles. The monoisotopic (exact) mass is 956 g/mol. The number of carboxylic acids is 3. The summed E-state index contributed by atoms with van der Waals surface area (Å²) in [5.41, 5.74) is -1.20. The molecular weight excluding hydrogens is 884 g/mol. The number of fused-ring (bicyclic) bond motifs is 7. The molecule has 2 aliphatic heterocycles. The van der Waals surface area contributed by atoms with E-state index in [0.717, 1.165) is 32.1 Å². The van der Waals surface area contributed by atoms with Gasteiger partial charge in [0.1, 0.15) is 49.3 Å². The number of carbonyl (C=O) groups is 4. The molecule has 67 heavy (non-hydrogen) atoms. The predicted octanol–water partition coefficient (Wildman–Crippen LogP) is 1.31. The van der Waals surface area contributed by atoms with Crippen LogP contribution in [0.3, 0.4) is 0 Å². The van der Waals surface area contributed by atoms with E-state index < -0.39 is 128 Å². The Hall–Kier alpha value is -2.86. The summed E-state index contributed by atoms with van der Waals surface area (Å²) < 4.78 is 34.2. The van der Waals surface area contributed by atoms with Crippen molar-refractivity contribution in [2.45, 2.75) is 193 Å². The largest absolute Gasteiger partial charge is 0.480 e. The fourth-order valence-electron chi connectivity index (χ4n) is 14.3. The van der Waals surface area contributed by atoms with Crippen molar-refractivity contribution in [2.75, 3.05) is 13.2 Å². The Balaban J connectivity index is 1.13. The number of hydrogen-bond acceptors (Lipinski definition) is 17. The molecule has 0 aromatic rings. The van der Waals surface area contributed by atoms with Gasteiger partial charge in [0.15, 0.2) is 18.7 Å². The van der Waals surface area contributed by atoms with Gasteiger partial charge in [-0.15, -0.1) is 0 Å². The second-order valence-corrected chi connectivity index (χ2v) is 22.7. The molecule has 4 unspecified atom stereocenters. The maximum absolute atomic E-state index is 14.7. The fourth-order valence-corrected chi connectivity index (χ4v) is 14.3. The third-order valence-electron chi connectivity index (χ3n) is 18.3. The first kappa shape index (κ1) is 52.0. The van der Waals surface area contributed by atoms with E-state index in [9.17, 15) is 65.1 Å². The molecule has 0 spiro atoms. The molecule has 20 heteroatoms. The Labute approximate surface area is 389 Å². The zero-order valence-corrected chi connectivity index (χ0v) is 39.4. The fraction of sp³-hybridized carbons (Fsp3) is 0.872. The van der Waals surface area contributed by atoms with Gasteiger partial charge in [-0.05, 0) is 109 Å². The van der Waals surface area contributed by atoms with E-state index in [0.29, 0.717) is 32.1 Å². The topological polar surface area (TPSA) is 326 Å². The van der Waals surface area contributed by atoms with Crippen LogP contribution in [0.2, 0.25) is 0 Å². The predicted molar refractivity (Wildman–Crippen MR) is 228 cm³/mol. The lowest BCUT2D eigenvalue weighted by molar-refractivity contribution is -0.345. The number of carboxylic acid groups (broad SMARTS) is 3. The average Bonchev–Trinajstić information content (AvgIpc) is 3.24. The molecule has 0 aromatic carbocycles. The van der Waals surface area contributed by atoms with E-state index in [4.69, 9.17) is 33.5 Å². The Morgan fingerprint density at radius 1 is 0.776 bits per heavy atom. The molecule has 0 amide bonds. The number of ether oxygens (including phenoxy) is 6. The minimum Gasteiger partial charge on any atom is -0.480 e. The Bertz CT molecular complexity index is 1920. The molecule has 10 N–H and O–H groups in total. The van der Waals surface area contributed by atoms with E-state index >= 15 is 0 Å². The van der Waals surface area contributed by atoms with Crippen molar-refractivity contribution in [3.05, 3.63) is 11.6 Å². The number of aliphatic carboxylic acids is 3. The van der Waals surface area contributed by atoms with Gasteiger partial charge in [0.25, 0.3) is 0 Å². The van der Waals surface area contributed by atoms with Crippen molar-refractivity contribution < 1.29 is 98.7 Å². The van der Waals surface area contributed by atoms with Gasteiger partial charge in [-0.25, -0.2) is 14.4 Å². The SMILES string of the molecule is CC1(C)CC[C@]2(C(=O)O[C@@H]3O[C@H](CO)[C@@H](O)[C@H](O)[C@H]3O)CC[C@]3(C)C(=CCC4[C@@]5(C)CC[C@H](O[C@@H]6O[C@H](C(=O)O)[C@@H](O)[C@H](OC(OCC(=O)O)C(O)C(=O)O)[C@H]6O)C(C)(C)C5CC[C@]43C)[C@@H]2C1. The Morgan fingerprint density at radius 2 is 1.45 bits per heavy atom. The first-order valence-corrected chi connectivity index (χ1v) is 23.6. The number of aliphatic hydroxyl groups is 7. The lowest BCUT2D eigenvalue weighted by Crippen LogP contribution is -2.66. The molecule has 20 nitrogen and oxygen atoms in total. The number of hydrogen-bond donors (Lipinski definition) is 10. The van der Waals surface area contributed by atoms with Crippen molar-refractivity contribution in [3.8, 4) is 0 Å². The van der Waals surface area contributed by atoms with Gasteiger partial charge in [0.2, 0.25) is 12.4 Å². The van der Waals surface area contributed by atoms with Crippen LogP contribution < -0.4 is 0 Å². The first-order valence-electron chi connectivity index (χ1n) is 23.6. The van der Waals surface area contributed by atoms with Crippen LogP contribution in [0, 0.1) is 50.2 Å². The van der Waals surface area contributed by atoms with Crippen LogP contribution in [-0.2, 0) is 47.6 Å². The average molecular weight is 957 g/mol. The Morgan fingerprint density at radius 3 is 2.07 bits per heavy atom. The maximum Gasteiger partial charge on any atom is 0.337 e. The zero-order valence-electron chi connectivity index (χ0n) is 39.4. The minimum atomic E-state index is -2.48. The van der Waals surface area contributed by atoms with Crippen LogP contribution >= 0.6 is 0 Å². The molecule has 0 bridgehead atoms. The van der Waals surface area contributed by atoms with Crippen molar-refractivity contribution in [1.29, 1.82) is 0 Å². The highest BCUT2D eigenvalue weighted by molar-refractivity contribution is 5.79. The summed E-state index contributed by atoms with van der Waals surface area (Å²) in [6.45, 7) is 13.8. The summed E-state index contributed by atoms with van der Waals surface area (Å²) in [5, 5.41) is 103. The lowest BCUT2D eigenvalue weighted by atomic mass is 9.33. The standard InChI is InChI=1S/C47H72O20/c1-42(2)14-16-47(41(61)67-39-30(53)29(52)28(51)23(19-48)63-39)17-15-45(6)21(22(47)18-42)8-9-25-44(5)12-11-26(43(3,4)24(44)10-13-46(25,45)7)64-40-32(55)34(31(54)35(66-40)37(59)60)65-38(33(56)36(57)58)62-20-27(49)50/h8,22-26,28-35,38-40,48,51-56H,9-20H2,1-7H3,(H,49,50)(H,57,58)(H,59,60)/t22-,23+,24?,25?,26-,28+,29-,30+,31-,32+,33?,34-,35-,38?,39-,40+,44-,45+,46+,47-/m0/s1. The van der Waals surface area contributed by atoms with Gasteiger partial charge in [-0.3, -0.25) is 4.79 Å². The molecule has 0 radical (unpaired) electrons. The van der Waals surface area contributed by atoms with Gasteiger partial charge in [0.05, 0.1) is 18.1 Å². The number of rotatable bonds is 13. The number of esters is 1. The zero-order chi connectivity index (χ0) is 49.6. The van der Waals surface area contributed by atoms with Crippen LogP contribution in [0.15, 0.2) is 11.6 Å². The highest BCUT2D eigenvalue weighted by Crippen LogP contribution is 2.76. The van der Waals surface area contributed by atoms with E-state index in [1.807, 2.05) is 0 Å². The molecule has 7 rings (SSSR count). The van der Waals surface area contributed by atoms with E-state index in [2.05, 4.69) is 54.5 Å². The van der Waals surface area contributed by atoms with Gasteiger partial charge in [0, 0.05) is 0 Å². The summed E-state index contributed by atoms with van der Waals surface area (Å²) in [6, 6.07) is 0. The van der Waals surface area contributed by atoms with E-state index in [-0.39, 0.29) is 39.4 Å². The van der Waals surface area contributed by atoms with Crippen LogP contribution in [-0.4, -0.2) is 168 Å². The van der Waals surface area contributed by atoms with Gasteiger partial charge in [-0.2, -0.15) is 0 Å². The van der Waals surface area contributed by atoms with Crippen molar-refractivity contribution in [2.24, 2.45) is 50.2 Å². The summed E-state index contributed by atoms with van der Waals surface area (Å²) in [6.07, 6.45) is -13.8. The van der Waals surface area contributed by atoms with Crippen LogP contribution in [0.5, 0.6) is 0 Å². The second kappa shape index (κ2) is 18.4. The summed E-state index contributed by atoms with van der Waals surface area (Å²) in [5.74, 6) is -5.54. The summed E-state index contributed by atoms with van der Waals surface area (Å²) >= 11 is 0. The molecule has 7 aliphatic rings. The third-order valence-corrected chi connectivity index (χ3v) is 18.3. The van der Waals surface area contributed by atoms with Crippen LogP contribution in [0.1, 0.15) is 113 Å². The highest BCUT2D eigenvalue weighted by atomic mass is 16.7. The molecule has 6 fully saturated rings. The smallest absolute Gasteiger partial charge is 0.337 e. The van der Waals surface area contributed by atoms with Crippen LogP contribution in [0.4, 0.5) is 0 Å². The molecule has 2 saturated heterocycles. The number of carbonyl (C=O) groups excluding carboxylic acids is 1. The van der Waals surface area contributed by atoms with Crippen LogP contribution in [0.25, 0.3) is 0 Å². The molecular formula is C47H72O20. The molecule has 2 heterocycles. The van der Waals surface area contributed by atoms with E-state index in [1.165, 1.54) is 5.57 Å². The van der Waals surface area contributed by atoms with Gasteiger partial charge >= 0.3 is 23.9 Å². The Kier molecular flexibility index (Phi) is 14.3. The van der Waals surface area contributed by atoms with Gasteiger partial charge < -0.3 is 79.5 Å². The van der Waals surface area contributed by atoms with Crippen molar-refractivity contribution in [1.82, 2.24) is 0 Å². The third kappa shape index (κ3) is 8.65. The number of aliphatic hydroxyl groups excluding tert-OH is 7. The maximum atomic E-state index is 14.7. The minimum absolute atomic E-state index is 0.0494. The quantitative estimate of drug-likeness (QED) is 0.0538. The highest BCUT2D eigenvalue weighted by Gasteiger charge is 2.70. The molecule has 380 valence electrons. The summed E-state index contributed by atoms with van der Waals surface area (Å²) in [4.78, 5) is 49.9. The number of allylic oxidation sites excluding steroid dienone is 2. The summed E-state index contributed by atoms with van der Waals surface area (Å²) in [7, 11) is 0. The van der Waals surface area contributed by atoms with Gasteiger partial charge in [-0.1, -0.05) is 60.1 Å². The molecule has 20 atom stereocenters. The lowest BCUT2D eigenvalue weighted by Gasteiger charge is -2.71. The van der Waals surface area contributed by atoms with E-state index in [1.54, 1.807) is 0 Å². The van der Waals surface area contributed by atoms with Crippen molar-refractivity contribution in [3.63, 3.8) is 0 Å². The molecule has 4 saturated carbocycles. The van der Waals surface area contributed by atoms with Crippen molar-refractivity contribution >= 4 is 23.9 Å².